The highest BCUT2D eigenvalue weighted by atomic mass is 16.2. The van der Waals surface area contributed by atoms with E-state index in [1.54, 1.807) is 0 Å². The van der Waals surface area contributed by atoms with E-state index in [4.69, 9.17) is 5.73 Å². The minimum atomic E-state index is -0.760. The molecule has 0 unspecified atom stereocenters. The van der Waals surface area contributed by atoms with Crippen LogP contribution in [0.2, 0.25) is 0 Å². The number of benzene rings is 2. The number of aromatic nitrogens is 5. The maximum atomic E-state index is 13.0. The Balaban J connectivity index is 1.62. The molecule has 0 spiro atoms. The lowest BCUT2D eigenvalue weighted by Crippen LogP contribution is -2.39. The van der Waals surface area contributed by atoms with Crippen molar-refractivity contribution in [2.24, 2.45) is 0 Å². The first-order valence-electron chi connectivity index (χ1n) is 9.82. The molecule has 4 rings (SSSR count). The van der Waals surface area contributed by atoms with Crippen molar-refractivity contribution in [3.05, 3.63) is 105 Å². The molecule has 0 saturated carbocycles. The highest BCUT2D eigenvalue weighted by Crippen LogP contribution is 2.18. The third-order valence-electron chi connectivity index (χ3n) is 4.98. The second kappa shape index (κ2) is 8.72. The maximum absolute atomic E-state index is 13.0. The number of carbonyl (C=O) groups excluding carboxylic acids is 1. The van der Waals surface area contributed by atoms with E-state index in [0.717, 1.165) is 16.0 Å². The summed E-state index contributed by atoms with van der Waals surface area (Å²) in [6, 6.07) is 18.8. The van der Waals surface area contributed by atoms with Crippen LogP contribution in [0.3, 0.4) is 0 Å². The summed E-state index contributed by atoms with van der Waals surface area (Å²) in [7, 11) is 1.40. The molecule has 1 amide bonds. The van der Waals surface area contributed by atoms with Crippen LogP contribution in [0.1, 0.15) is 21.6 Å². The zero-order valence-corrected chi connectivity index (χ0v) is 17.3. The standard InChI is InChI=1S/C22H21N7O3/c1-27(21(31)17-14-28(26-25-17)12-15-8-4-2-5-9-15)18-19(23)29(22(32)24-20(18)30)13-16-10-6-3-7-11-16/h2-11,14H,12-13,23H2,1H3,(H,24,30,32). The van der Waals surface area contributed by atoms with Gasteiger partial charge in [-0.2, -0.15) is 0 Å². The van der Waals surface area contributed by atoms with Crippen LogP contribution in [0.4, 0.5) is 11.5 Å². The summed E-state index contributed by atoms with van der Waals surface area (Å²) in [5, 5.41) is 7.91. The lowest BCUT2D eigenvalue weighted by Gasteiger charge is -2.19. The molecule has 0 fully saturated rings. The minimum absolute atomic E-state index is 0.0445. The first-order valence-corrected chi connectivity index (χ1v) is 9.82. The Morgan fingerprint density at radius 3 is 2.22 bits per heavy atom. The fourth-order valence-corrected chi connectivity index (χ4v) is 3.34. The van der Waals surface area contributed by atoms with Crippen molar-refractivity contribution >= 4 is 17.4 Å². The van der Waals surface area contributed by atoms with Crippen molar-refractivity contribution in [1.29, 1.82) is 0 Å². The van der Waals surface area contributed by atoms with Crippen LogP contribution in [0, 0.1) is 0 Å². The number of hydrogen-bond acceptors (Lipinski definition) is 6. The van der Waals surface area contributed by atoms with Crippen LogP contribution in [0.25, 0.3) is 0 Å². The Bertz CT molecular complexity index is 1360. The summed E-state index contributed by atoms with van der Waals surface area (Å²) >= 11 is 0. The summed E-state index contributed by atoms with van der Waals surface area (Å²) in [5.74, 6) is -0.693. The highest BCUT2D eigenvalue weighted by Gasteiger charge is 2.24. The summed E-state index contributed by atoms with van der Waals surface area (Å²) in [6.45, 7) is 0.583. The fourth-order valence-electron chi connectivity index (χ4n) is 3.34. The Labute approximate surface area is 182 Å². The molecule has 0 aliphatic rings. The molecule has 10 nitrogen and oxygen atoms in total. The molecule has 10 heteroatoms. The number of nitrogens with zero attached hydrogens (tertiary/aromatic N) is 5. The zero-order chi connectivity index (χ0) is 22.7. The summed E-state index contributed by atoms with van der Waals surface area (Å²) in [4.78, 5) is 41.2. The first-order chi connectivity index (χ1) is 15.4. The van der Waals surface area contributed by atoms with Crippen LogP contribution in [-0.4, -0.2) is 37.5 Å². The van der Waals surface area contributed by atoms with Gasteiger partial charge < -0.3 is 10.6 Å². The molecule has 4 aromatic rings. The number of hydrogen-bond donors (Lipinski definition) is 2. The van der Waals surface area contributed by atoms with Gasteiger partial charge in [0.15, 0.2) is 11.4 Å². The predicted octanol–water partition coefficient (Wildman–Crippen LogP) is 1.08. The van der Waals surface area contributed by atoms with Gasteiger partial charge in [0.25, 0.3) is 11.5 Å². The van der Waals surface area contributed by atoms with Crippen LogP contribution >= 0.6 is 0 Å². The lowest BCUT2D eigenvalue weighted by atomic mass is 10.2. The molecule has 0 bridgehead atoms. The van der Waals surface area contributed by atoms with E-state index in [2.05, 4.69) is 15.3 Å². The van der Waals surface area contributed by atoms with Crippen molar-refractivity contribution in [1.82, 2.24) is 24.5 Å². The second-order valence-corrected chi connectivity index (χ2v) is 7.22. The minimum Gasteiger partial charge on any atom is -0.383 e. The largest absolute Gasteiger partial charge is 0.383 e. The average molecular weight is 431 g/mol. The van der Waals surface area contributed by atoms with Gasteiger partial charge in [0, 0.05) is 7.05 Å². The molecule has 0 atom stereocenters. The van der Waals surface area contributed by atoms with Gasteiger partial charge in [-0.25, -0.2) is 9.48 Å². The lowest BCUT2D eigenvalue weighted by molar-refractivity contribution is 0.0988. The molecule has 32 heavy (non-hydrogen) atoms. The monoisotopic (exact) mass is 431 g/mol. The highest BCUT2D eigenvalue weighted by molar-refractivity contribution is 6.05. The van der Waals surface area contributed by atoms with Gasteiger partial charge in [0.1, 0.15) is 5.82 Å². The Morgan fingerprint density at radius 2 is 1.59 bits per heavy atom. The fraction of sp³-hybridized carbons (Fsp3) is 0.136. The molecule has 0 aliphatic carbocycles. The smallest absolute Gasteiger partial charge is 0.330 e. The molecule has 0 radical (unpaired) electrons. The van der Waals surface area contributed by atoms with Crippen molar-refractivity contribution in [3.63, 3.8) is 0 Å². The van der Waals surface area contributed by atoms with Crippen molar-refractivity contribution in [3.8, 4) is 0 Å². The second-order valence-electron chi connectivity index (χ2n) is 7.22. The quantitative estimate of drug-likeness (QED) is 0.470. The van der Waals surface area contributed by atoms with Crippen LogP contribution in [0.15, 0.2) is 76.4 Å². The number of nitrogens with one attached hydrogen (secondary N) is 1. The molecule has 2 aromatic heterocycles. The molecule has 2 heterocycles. The van der Waals surface area contributed by atoms with E-state index in [1.807, 2.05) is 60.7 Å². The van der Waals surface area contributed by atoms with Crippen LogP contribution < -0.4 is 21.9 Å². The number of nitrogen functional groups attached to an aromatic ring is 1. The van der Waals surface area contributed by atoms with E-state index < -0.39 is 17.2 Å². The van der Waals surface area contributed by atoms with Gasteiger partial charge >= 0.3 is 5.69 Å². The third-order valence-corrected chi connectivity index (χ3v) is 4.98. The third kappa shape index (κ3) is 4.19. The van der Waals surface area contributed by atoms with Gasteiger partial charge in [-0.05, 0) is 11.1 Å². The van der Waals surface area contributed by atoms with Crippen LogP contribution in [-0.2, 0) is 13.1 Å². The van der Waals surface area contributed by atoms with E-state index in [9.17, 15) is 14.4 Å². The van der Waals surface area contributed by atoms with Crippen molar-refractivity contribution < 1.29 is 4.79 Å². The molecule has 0 aliphatic heterocycles. The molecular weight excluding hydrogens is 410 g/mol. The number of rotatable bonds is 6. The molecule has 0 saturated heterocycles. The topological polar surface area (TPSA) is 132 Å². The number of H-pyrrole nitrogens is 1. The summed E-state index contributed by atoms with van der Waals surface area (Å²) in [6.07, 6.45) is 1.50. The van der Waals surface area contributed by atoms with E-state index in [0.29, 0.717) is 6.54 Å². The molecule has 3 N–H and O–H groups in total. The number of anilines is 2. The Morgan fingerprint density at radius 1 is 1.00 bits per heavy atom. The van der Waals surface area contributed by atoms with Gasteiger partial charge in [0.05, 0.1) is 19.3 Å². The number of carbonyl (C=O) groups is 1. The first kappa shape index (κ1) is 20.8. The summed E-state index contributed by atoms with van der Waals surface area (Å²) in [5.41, 5.74) is 6.47. The molecule has 2 aromatic carbocycles. The van der Waals surface area contributed by atoms with E-state index in [-0.39, 0.29) is 23.7 Å². The Kier molecular flexibility index (Phi) is 5.67. The number of nitrogens with two attached hydrogens (primary N) is 1. The van der Waals surface area contributed by atoms with E-state index in [1.165, 1.54) is 22.5 Å². The average Bonchev–Trinajstić information content (AvgIpc) is 3.25. The van der Waals surface area contributed by atoms with Crippen LogP contribution in [0.5, 0.6) is 0 Å². The maximum Gasteiger partial charge on any atom is 0.330 e. The number of amides is 1. The van der Waals surface area contributed by atoms with Crippen molar-refractivity contribution in [2.75, 3.05) is 17.7 Å². The molecule has 162 valence electrons. The molecular formula is C22H21N7O3. The summed E-state index contributed by atoms with van der Waals surface area (Å²) < 4.78 is 2.74. The van der Waals surface area contributed by atoms with Crippen molar-refractivity contribution in [2.45, 2.75) is 13.1 Å². The zero-order valence-electron chi connectivity index (χ0n) is 17.3. The van der Waals surface area contributed by atoms with Gasteiger partial charge in [-0.15, -0.1) is 5.10 Å². The van der Waals surface area contributed by atoms with Gasteiger partial charge in [-0.1, -0.05) is 65.9 Å². The predicted molar refractivity (Wildman–Crippen MR) is 120 cm³/mol. The van der Waals surface area contributed by atoms with Gasteiger partial charge in [0.2, 0.25) is 0 Å². The normalized spacial score (nSPS) is 10.8. The van der Waals surface area contributed by atoms with E-state index >= 15 is 0 Å². The SMILES string of the molecule is CN(C(=O)c1cn(Cc2ccccc2)nn1)c1c(N)n(Cc2ccccc2)c(=O)[nH]c1=O. The number of aromatic amines is 1. The Hall–Kier alpha value is -4.47. The van der Waals surface area contributed by atoms with Gasteiger partial charge in [-0.3, -0.25) is 19.1 Å².